The fourth-order valence-electron chi connectivity index (χ4n) is 16.1. The van der Waals surface area contributed by atoms with E-state index in [1.807, 2.05) is 0 Å². The molecule has 18 rings (SSSR count). The van der Waals surface area contributed by atoms with Gasteiger partial charge in [0.05, 0.1) is 0 Å². The van der Waals surface area contributed by atoms with Crippen molar-refractivity contribution in [1.82, 2.24) is 0 Å². The van der Waals surface area contributed by atoms with Gasteiger partial charge in [0.25, 0.3) is 0 Å². The second kappa shape index (κ2) is 19.2. The maximum Gasteiger partial charge on any atom is 0.0496 e. The lowest BCUT2D eigenvalue weighted by atomic mass is 9.48. The van der Waals surface area contributed by atoms with E-state index in [9.17, 15) is 0 Å². The molecule has 0 unspecified atom stereocenters. The van der Waals surface area contributed by atoms with Crippen LogP contribution in [0.1, 0.15) is 148 Å². The van der Waals surface area contributed by atoms with Gasteiger partial charge in [-0.05, 0) is 240 Å². The number of anilines is 6. The average Bonchev–Trinajstić information content (AvgIpc) is 3.72. The van der Waals surface area contributed by atoms with Gasteiger partial charge in [-0.25, -0.2) is 0 Å². The van der Waals surface area contributed by atoms with Crippen LogP contribution >= 0.6 is 0 Å². The molecule has 0 aromatic heterocycles. The van der Waals surface area contributed by atoms with Crippen molar-refractivity contribution in [2.24, 2.45) is 17.8 Å². The van der Waals surface area contributed by atoms with Crippen LogP contribution in [0, 0.1) is 17.8 Å². The van der Waals surface area contributed by atoms with E-state index in [-0.39, 0.29) is 5.41 Å². The molecule has 0 N–H and O–H groups in total. The molecule has 10 aliphatic carbocycles. The number of para-hydroxylation sites is 1. The minimum Gasteiger partial charge on any atom is -0.310 e. The third-order valence-corrected chi connectivity index (χ3v) is 19.7. The molecular weight excluding hydrogens is 905 g/mol. The Bertz CT molecular complexity index is 3320. The van der Waals surface area contributed by atoms with Gasteiger partial charge in [-0.1, -0.05) is 161 Å². The summed E-state index contributed by atoms with van der Waals surface area (Å²) < 4.78 is 0. The number of aryl methyl sites for hydroxylation is 4. The smallest absolute Gasteiger partial charge is 0.0496 e. The van der Waals surface area contributed by atoms with Crippen molar-refractivity contribution in [3.05, 3.63) is 226 Å². The summed E-state index contributed by atoms with van der Waals surface area (Å²) in [5, 5.41) is 0. The van der Waals surface area contributed by atoms with E-state index in [1.165, 1.54) is 179 Å². The van der Waals surface area contributed by atoms with E-state index >= 15 is 0 Å². The van der Waals surface area contributed by atoms with Crippen LogP contribution in [0.5, 0.6) is 0 Å². The molecule has 8 aromatic rings. The first-order valence-corrected chi connectivity index (χ1v) is 29.3. The Morgan fingerprint density at radius 2 is 0.893 bits per heavy atom. The first-order valence-electron chi connectivity index (χ1n) is 29.3. The monoisotopic (exact) mass is 979 g/mol. The molecular formula is C73H74N2. The Labute approximate surface area is 447 Å². The highest BCUT2D eigenvalue weighted by atomic mass is 15.2. The number of rotatable bonds is 9. The Morgan fingerprint density at radius 1 is 0.400 bits per heavy atom. The second-order valence-electron chi connectivity index (χ2n) is 24.8. The fraction of sp³-hybridized carbons (Fsp3) is 0.342. The van der Waals surface area contributed by atoms with Crippen molar-refractivity contribution < 1.29 is 0 Å². The minimum absolute atomic E-state index is 0.158. The first kappa shape index (κ1) is 46.9. The summed E-state index contributed by atoms with van der Waals surface area (Å²) in [5.41, 5.74) is 24.6. The van der Waals surface area contributed by atoms with Crippen molar-refractivity contribution >= 4 is 34.1 Å². The topological polar surface area (TPSA) is 6.48 Å². The molecule has 5 saturated carbocycles. The highest BCUT2D eigenvalue weighted by Gasteiger charge is 2.51. The van der Waals surface area contributed by atoms with Crippen LogP contribution in [0.3, 0.4) is 0 Å². The maximum atomic E-state index is 2.62. The summed E-state index contributed by atoms with van der Waals surface area (Å²) in [6.45, 7) is 4.87. The van der Waals surface area contributed by atoms with Crippen LogP contribution in [0.2, 0.25) is 0 Å². The van der Waals surface area contributed by atoms with Gasteiger partial charge in [0, 0.05) is 39.5 Å². The Kier molecular flexibility index (Phi) is 12.0. The van der Waals surface area contributed by atoms with E-state index in [2.05, 4.69) is 206 Å². The molecule has 10 aliphatic rings. The summed E-state index contributed by atoms with van der Waals surface area (Å²) in [4.78, 5) is 5.19. The highest BCUT2D eigenvalue weighted by Crippen LogP contribution is 2.61. The molecule has 0 heterocycles. The summed E-state index contributed by atoms with van der Waals surface area (Å²) in [7, 11) is 0. The fourth-order valence-corrected chi connectivity index (χ4v) is 16.1. The van der Waals surface area contributed by atoms with E-state index in [4.69, 9.17) is 0 Å². The third kappa shape index (κ3) is 8.65. The Hall–Kier alpha value is -6.64. The van der Waals surface area contributed by atoms with Crippen molar-refractivity contribution in [3.8, 4) is 22.3 Å². The third-order valence-electron chi connectivity index (χ3n) is 19.7. The average molecular weight is 979 g/mol. The Morgan fingerprint density at radius 3 is 1.49 bits per heavy atom. The number of benzene rings is 8. The zero-order chi connectivity index (χ0) is 50.1. The first-order chi connectivity index (χ1) is 36.8. The predicted octanol–water partition coefficient (Wildman–Crippen LogP) is 19.8. The maximum absolute atomic E-state index is 2.62. The van der Waals surface area contributed by atoms with Gasteiger partial charge in [0.1, 0.15) is 0 Å². The second-order valence-corrected chi connectivity index (χ2v) is 24.8. The van der Waals surface area contributed by atoms with Gasteiger partial charge >= 0.3 is 0 Å². The number of fused-ring (bicyclic) bond motifs is 3. The number of hydrogen-bond donors (Lipinski definition) is 0. The molecule has 2 nitrogen and oxygen atoms in total. The molecule has 2 heteroatoms. The van der Waals surface area contributed by atoms with Gasteiger partial charge in [-0.3, -0.25) is 0 Å². The lowest BCUT2D eigenvalue weighted by Gasteiger charge is -2.57. The number of hydrogen-bond acceptors (Lipinski definition) is 2. The molecule has 0 radical (unpaired) electrons. The van der Waals surface area contributed by atoms with Crippen molar-refractivity contribution in [3.63, 3.8) is 0 Å². The molecule has 8 bridgehead atoms. The minimum atomic E-state index is -0.158. The van der Waals surface area contributed by atoms with Crippen LogP contribution in [-0.2, 0) is 36.5 Å². The van der Waals surface area contributed by atoms with Crippen LogP contribution in [0.15, 0.2) is 182 Å². The normalized spacial score (nSPS) is 22.4. The molecule has 0 amide bonds. The van der Waals surface area contributed by atoms with Crippen LogP contribution in [-0.4, -0.2) is 0 Å². The molecule has 0 spiro atoms. The van der Waals surface area contributed by atoms with Crippen molar-refractivity contribution in [1.29, 1.82) is 0 Å². The molecule has 376 valence electrons. The largest absolute Gasteiger partial charge is 0.310 e. The van der Waals surface area contributed by atoms with Crippen LogP contribution in [0.25, 0.3) is 22.3 Å². The van der Waals surface area contributed by atoms with Gasteiger partial charge in [0.15, 0.2) is 0 Å². The van der Waals surface area contributed by atoms with Gasteiger partial charge < -0.3 is 9.80 Å². The molecule has 8 aromatic carbocycles. The van der Waals surface area contributed by atoms with E-state index in [0.29, 0.717) is 11.3 Å². The van der Waals surface area contributed by atoms with E-state index in [0.717, 1.165) is 43.4 Å². The highest BCUT2D eigenvalue weighted by molar-refractivity contribution is 5.88. The molecule has 0 atom stereocenters. The van der Waals surface area contributed by atoms with Gasteiger partial charge in [-0.2, -0.15) is 0 Å². The molecule has 5 fully saturated rings. The molecule has 0 aliphatic heterocycles. The molecule has 75 heavy (non-hydrogen) atoms. The zero-order valence-corrected chi connectivity index (χ0v) is 44.5. The predicted molar refractivity (Wildman–Crippen MR) is 315 cm³/mol. The summed E-state index contributed by atoms with van der Waals surface area (Å²) in [6, 6.07) is 71.3. The SMILES string of the molecule is CC1(C)c2cc(-c3ccccc3)ccc2-c2ccc(N(c3ccc(C4CCCCCCC4)cc3)c3cc4ccc3CCc3ccc(c(N(c5ccccc5)c5ccc(C67CC8CC(CC(C8)C6)C7)cc5)c3)CC4)cc21. The molecule has 0 saturated heterocycles. The summed E-state index contributed by atoms with van der Waals surface area (Å²) in [5.74, 6) is 3.47. The van der Waals surface area contributed by atoms with Crippen molar-refractivity contribution in [2.75, 3.05) is 9.80 Å². The van der Waals surface area contributed by atoms with E-state index in [1.54, 1.807) is 5.56 Å². The van der Waals surface area contributed by atoms with Gasteiger partial charge in [0.2, 0.25) is 0 Å². The lowest BCUT2D eigenvalue weighted by molar-refractivity contribution is -0.00518. The summed E-state index contributed by atoms with van der Waals surface area (Å²) >= 11 is 0. The van der Waals surface area contributed by atoms with E-state index < -0.39 is 0 Å². The zero-order valence-electron chi connectivity index (χ0n) is 44.5. The summed E-state index contributed by atoms with van der Waals surface area (Å²) in [6.07, 6.45) is 21.9. The van der Waals surface area contributed by atoms with Crippen LogP contribution < -0.4 is 9.80 Å². The number of nitrogens with zero attached hydrogens (tertiary/aromatic N) is 2. The standard InChI is InChI=1S/C73H74N2/c1-72(2)68-45-60(56-16-10-6-11-17-56)30-38-66(68)67-39-37-65(46-69(67)72)75(63-33-28-57(29-34-63)55-14-8-4-3-5-9-15-55)71-44-51-21-25-58-24-20-50(22-26-59(71)27-23-51)43-70(58)74(62-18-12-7-13-19-62)64-35-31-61(32-36-64)73-47-52-40-53(48-73)42-54(41-52)49-73/h6-7,10-13,16-20,23-24,27-39,43-46,52-55H,3-5,8-9,14-15,21-22,25-26,40-42,47-49H2,1-2H3. The van der Waals surface area contributed by atoms with Gasteiger partial charge in [-0.15, -0.1) is 0 Å². The van der Waals surface area contributed by atoms with Crippen molar-refractivity contribution in [2.45, 2.75) is 140 Å². The Balaban J connectivity index is 0.825. The van der Waals surface area contributed by atoms with Crippen LogP contribution in [0.4, 0.5) is 34.1 Å². The quantitative estimate of drug-likeness (QED) is 0.142. The lowest BCUT2D eigenvalue weighted by Crippen LogP contribution is -2.48.